The van der Waals surface area contributed by atoms with E-state index in [2.05, 4.69) is 22.0 Å². The highest BCUT2D eigenvalue weighted by Gasteiger charge is 2.29. The van der Waals surface area contributed by atoms with E-state index in [1.807, 2.05) is 23.7 Å². The van der Waals surface area contributed by atoms with Crippen LogP contribution in [0.25, 0.3) is 20.7 Å². The van der Waals surface area contributed by atoms with Crippen molar-refractivity contribution in [1.82, 2.24) is 14.9 Å². The molecule has 1 aliphatic heterocycles. The smallest absolute Gasteiger partial charge is 0.260 e. The largest absolute Gasteiger partial charge is 0.397 e. The summed E-state index contributed by atoms with van der Waals surface area (Å²) in [6.07, 6.45) is 3.68. The van der Waals surface area contributed by atoms with Crippen molar-refractivity contribution < 1.29 is 4.79 Å². The maximum atomic E-state index is 11.8. The van der Waals surface area contributed by atoms with E-state index < -0.39 is 5.91 Å². The number of nitrogens with two attached hydrogens (primary N) is 2. The SMILES string of the molecule is NC(=O)c1sc2nc3c(c(-c4cccs4)c2c1N)CN(Cc1cccnc1)C3. The van der Waals surface area contributed by atoms with Crippen LogP contribution in [0.5, 0.6) is 0 Å². The third kappa shape index (κ3) is 2.77. The number of carbonyl (C=O) groups is 1. The van der Waals surface area contributed by atoms with Gasteiger partial charge in [-0.3, -0.25) is 14.7 Å². The van der Waals surface area contributed by atoms with Crippen molar-refractivity contribution in [2.45, 2.75) is 19.6 Å². The molecule has 4 aromatic heterocycles. The number of nitrogen functional groups attached to an aromatic ring is 1. The first-order valence-electron chi connectivity index (χ1n) is 8.80. The predicted octanol–water partition coefficient (Wildman–Crippen LogP) is 3.62. The minimum Gasteiger partial charge on any atom is -0.397 e. The molecule has 0 saturated heterocycles. The van der Waals surface area contributed by atoms with Crippen molar-refractivity contribution in [3.63, 3.8) is 0 Å². The third-order valence-corrected chi connectivity index (χ3v) is 6.94. The number of thiophene rings is 2. The number of fused-ring (bicyclic) bond motifs is 2. The standard InChI is InChI=1S/C20H17N5OS2/c21-17-16-15(14-4-2-6-27-14)12-9-25(8-11-3-1-5-23-7-11)10-13(12)24-20(16)28-18(17)19(22)26/h1-7H,8-10,21H2,(H2,22,26). The second-order valence-corrected chi connectivity index (χ2v) is 8.73. The van der Waals surface area contributed by atoms with E-state index in [0.29, 0.717) is 10.6 Å². The van der Waals surface area contributed by atoms with E-state index >= 15 is 0 Å². The summed E-state index contributed by atoms with van der Waals surface area (Å²) in [6.45, 7) is 2.34. The third-order valence-electron chi connectivity index (χ3n) is 4.94. The van der Waals surface area contributed by atoms with Gasteiger partial charge in [-0.2, -0.15) is 0 Å². The molecule has 0 radical (unpaired) electrons. The molecule has 6 nitrogen and oxygen atoms in total. The van der Waals surface area contributed by atoms with Gasteiger partial charge in [-0.15, -0.1) is 22.7 Å². The first-order valence-corrected chi connectivity index (χ1v) is 10.5. The first-order chi connectivity index (χ1) is 13.6. The summed E-state index contributed by atoms with van der Waals surface area (Å²) in [7, 11) is 0. The number of nitrogens with zero attached hydrogens (tertiary/aromatic N) is 3. The lowest BCUT2D eigenvalue weighted by atomic mass is 10.0. The molecule has 4 aromatic rings. The molecule has 0 aromatic carbocycles. The number of carbonyl (C=O) groups excluding carboxylic acids is 1. The van der Waals surface area contributed by atoms with Gasteiger partial charge in [-0.25, -0.2) is 4.98 Å². The lowest BCUT2D eigenvalue weighted by Crippen LogP contribution is -2.15. The van der Waals surface area contributed by atoms with Crippen molar-refractivity contribution in [2.24, 2.45) is 5.73 Å². The van der Waals surface area contributed by atoms with Gasteiger partial charge in [0, 0.05) is 47.9 Å². The van der Waals surface area contributed by atoms with Crippen LogP contribution in [0.4, 0.5) is 5.69 Å². The van der Waals surface area contributed by atoms with Crippen molar-refractivity contribution in [3.05, 3.63) is 63.7 Å². The maximum Gasteiger partial charge on any atom is 0.260 e. The summed E-state index contributed by atoms with van der Waals surface area (Å²) in [4.78, 5) is 25.5. The van der Waals surface area contributed by atoms with E-state index in [9.17, 15) is 4.79 Å². The Bertz CT molecular complexity index is 1180. The molecule has 0 bridgehead atoms. The molecule has 0 unspecified atom stereocenters. The zero-order valence-electron chi connectivity index (χ0n) is 14.9. The van der Waals surface area contributed by atoms with Gasteiger partial charge < -0.3 is 11.5 Å². The summed E-state index contributed by atoms with van der Waals surface area (Å²) in [5.41, 5.74) is 16.8. The first kappa shape index (κ1) is 17.3. The Morgan fingerprint density at radius 1 is 1.25 bits per heavy atom. The van der Waals surface area contributed by atoms with Crippen LogP contribution in [0.1, 0.15) is 26.5 Å². The Kier molecular flexibility index (Phi) is 4.12. The normalized spacial score (nSPS) is 13.9. The molecule has 0 saturated carbocycles. The minimum absolute atomic E-state index is 0.385. The van der Waals surface area contributed by atoms with Crippen LogP contribution in [0, 0.1) is 0 Å². The van der Waals surface area contributed by atoms with Crippen LogP contribution in [-0.4, -0.2) is 20.8 Å². The number of rotatable bonds is 4. The van der Waals surface area contributed by atoms with Crippen molar-refractivity contribution >= 4 is 44.5 Å². The topological polar surface area (TPSA) is 98.1 Å². The van der Waals surface area contributed by atoms with E-state index in [0.717, 1.165) is 46.0 Å². The minimum atomic E-state index is -0.504. The molecule has 140 valence electrons. The number of pyridine rings is 2. The van der Waals surface area contributed by atoms with Crippen LogP contribution >= 0.6 is 22.7 Å². The monoisotopic (exact) mass is 407 g/mol. The molecule has 4 N–H and O–H groups in total. The van der Waals surface area contributed by atoms with Crippen LogP contribution in [0.3, 0.4) is 0 Å². The van der Waals surface area contributed by atoms with Gasteiger partial charge >= 0.3 is 0 Å². The van der Waals surface area contributed by atoms with E-state index in [1.54, 1.807) is 17.5 Å². The van der Waals surface area contributed by atoms with Crippen molar-refractivity contribution in [1.29, 1.82) is 0 Å². The van der Waals surface area contributed by atoms with Gasteiger partial charge in [0.2, 0.25) is 0 Å². The molecule has 5 rings (SSSR count). The zero-order chi connectivity index (χ0) is 19.3. The molecule has 1 aliphatic rings. The fraction of sp³-hybridized carbons (Fsp3) is 0.150. The highest BCUT2D eigenvalue weighted by molar-refractivity contribution is 7.21. The Morgan fingerprint density at radius 2 is 2.14 bits per heavy atom. The molecule has 0 atom stereocenters. The second-order valence-electron chi connectivity index (χ2n) is 6.79. The van der Waals surface area contributed by atoms with E-state index in [1.165, 1.54) is 22.5 Å². The molecule has 5 heterocycles. The fourth-order valence-electron chi connectivity index (χ4n) is 3.77. The lowest BCUT2D eigenvalue weighted by Gasteiger charge is -2.14. The summed E-state index contributed by atoms with van der Waals surface area (Å²) >= 11 is 2.95. The van der Waals surface area contributed by atoms with Crippen molar-refractivity contribution in [2.75, 3.05) is 5.73 Å². The van der Waals surface area contributed by atoms with Crippen LogP contribution in [0.15, 0.2) is 42.0 Å². The van der Waals surface area contributed by atoms with E-state index in [4.69, 9.17) is 16.5 Å². The number of anilines is 1. The molecule has 8 heteroatoms. The summed E-state index contributed by atoms with van der Waals surface area (Å²) < 4.78 is 0. The van der Waals surface area contributed by atoms with Gasteiger partial charge in [0.25, 0.3) is 5.91 Å². The van der Waals surface area contributed by atoms with Crippen LogP contribution < -0.4 is 11.5 Å². The second kappa shape index (κ2) is 6.66. The average molecular weight is 408 g/mol. The molecule has 1 amide bonds. The number of primary amides is 1. The Morgan fingerprint density at radius 3 is 2.86 bits per heavy atom. The number of hydrogen-bond acceptors (Lipinski definition) is 7. The molecular formula is C20H17N5OS2. The average Bonchev–Trinajstić information content (AvgIpc) is 3.40. The molecular weight excluding hydrogens is 390 g/mol. The Labute approximate surface area is 169 Å². The Hall–Kier alpha value is -2.81. The lowest BCUT2D eigenvalue weighted by molar-refractivity contribution is 0.100. The van der Waals surface area contributed by atoms with Gasteiger partial charge in [-0.1, -0.05) is 12.1 Å². The molecule has 28 heavy (non-hydrogen) atoms. The quantitative estimate of drug-likeness (QED) is 0.538. The number of aromatic nitrogens is 2. The molecule has 0 fully saturated rings. The van der Waals surface area contributed by atoms with Gasteiger partial charge in [-0.05, 0) is 28.6 Å². The summed E-state index contributed by atoms with van der Waals surface area (Å²) in [5, 5.41) is 2.90. The Balaban J connectivity index is 1.65. The fourth-order valence-corrected chi connectivity index (χ4v) is 5.55. The zero-order valence-corrected chi connectivity index (χ0v) is 16.5. The van der Waals surface area contributed by atoms with Gasteiger partial charge in [0.05, 0.1) is 11.4 Å². The molecule has 0 spiro atoms. The number of hydrogen-bond donors (Lipinski definition) is 2. The van der Waals surface area contributed by atoms with E-state index in [-0.39, 0.29) is 0 Å². The van der Waals surface area contributed by atoms with Crippen molar-refractivity contribution in [3.8, 4) is 10.4 Å². The summed E-state index contributed by atoms with van der Waals surface area (Å²) in [5.74, 6) is -0.504. The molecule has 0 aliphatic carbocycles. The maximum absolute atomic E-state index is 11.8. The summed E-state index contributed by atoms with van der Waals surface area (Å²) in [6, 6.07) is 8.15. The predicted molar refractivity (Wildman–Crippen MR) is 113 cm³/mol. The van der Waals surface area contributed by atoms with Gasteiger partial charge in [0.15, 0.2) is 0 Å². The highest BCUT2D eigenvalue weighted by Crippen LogP contribution is 2.45. The van der Waals surface area contributed by atoms with Gasteiger partial charge in [0.1, 0.15) is 9.71 Å². The highest BCUT2D eigenvalue weighted by atomic mass is 32.1. The van der Waals surface area contributed by atoms with Crippen LogP contribution in [-0.2, 0) is 19.6 Å². The number of amides is 1. The van der Waals surface area contributed by atoms with Crippen LogP contribution in [0.2, 0.25) is 0 Å².